The molecule has 0 bridgehead atoms. The van der Waals surface area contributed by atoms with Gasteiger partial charge in [-0.05, 0) is 31.2 Å². The second-order valence-electron chi connectivity index (χ2n) is 3.34. The molecular formula is C12H12O2S. The Labute approximate surface area is 92.5 Å². The first-order chi connectivity index (χ1) is 7.20. The van der Waals surface area contributed by atoms with E-state index in [9.17, 15) is 4.79 Å². The second-order valence-corrected chi connectivity index (χ2v) is 4.42. The molecular weight excluding hydrogens is 208 g/mol. The zero-order chi connectivity index (χ0) is 10.8. The molecule has 0 aliphatic heterocycles. The van der Waals surface area contributed by atoms with E-state index in [1.54, 1.807) is 6.92 Å². The molecule has 2 aromatic heterocycles. The van der Waals surface area contributed by atoms with E-state index < -0.39 is 0 Å². The molecule has 15 heavy (non-hydrogen) atoms. The van der Waals surface area contributed by atoms with Gasteiger partial charge in [0.15, 0.2) is 5.78 Å². The lowest BCUT2D eigenvalue weighted by Gasteiger charge is -1.90. The lowest BCUT2D eigenvalue weighted by molar-refractivity contribution is 0.102. The number of Topliss-reactive ketones (excluding diaryl/α,β-unsaturated/α-hetero) is 1. The highest BCUT2D eigenvalue weighted by atomic mass is 32.1. The average molecular weight is 220 g/mol. The Bertz CT molecular complexity index is 479. The van der Waals surface area contributed by atoms with E-state index in [0.717, 1.165) is 27.7 Å². The molecule has 0 spiro atoms. The van der Waals surface area contributed by atoms with E-state index in [1.807, 2.05) is 24.3 Å². The monoisotopic (exact) mass is 220 g/mol. The Hall–Kier alpha value is -1.35. The van der Waals surface area contributed by atoms with E-state index in [4.69, 9.17) is 4.42 Å². The van der Waals surface area contributed by atoms with Crippen LogP contribution in [0.2, 0.25) is 0 Å². The Morgan fingerprint density at radius 1 is 1.33 bits per heavy atom. The number of hydrogen-bond donors (Lipinski definition) is 0. The van der Waals surface area contributed by atoms with Crippen molar-refractivity contribution in [2.24, 2.45) is 0 Å². The summed E-state index contributed by atoms with van der Waals surface area (Å²) in [5.41, 5.74) is 0. The van der Waals surface area contributed by atoms with Gasteiger partial charge in [0.05, 0.1) is 9.75 Å². The molecule has 2 heterocycles. The fraction of sp³-hybridized carbons (Fsp3) is 0.250. The number of thiophene rings is 1. The lowest BCUT2D eigenvalue weighted by atomic mass is 10.3. The number of carbonyl (C=O) groups excluding carboxylic acids is 1. The Morgan fingerprint density at radius 2 is 2.13 bits per heavy atom. The zero-order valence-corrected chi connectivity index (χ0v) is 9.56. The van der Waals surface area contributed by atoms with Crippen LogP contribution >= 0.6 is 11.3 Å². The smallest absolute Gasteiger partial charge is 0.169 e. The predicted molar refractivity (Wildman–Crippen MR) is 61.4 cm³/mol. The van der Waals surface area contributed by atoms with Crippen LogP contribution in [0.3, 0.4) is 0 Å². The summed E-state index contributed by atoms with van der Waals surface area (Å²) in [6.45, 7) is 3.63. The van der Waals surface area contributed by atoms with Crippen LogP contribution in [0.4, 0.5) is 0 Å². The molecule has 3 heteroatoms. The summed E-state index contributed by atoms with van der Waals surface area (Å²) < 4.78 is 5.61. The molecule has 0 unspecified atom stereocenters. The molecule has 0 aliphatic carbocycles. The van der Waals surface area contributed by atoms with Gasteiger partial charge in [-0.3, -0.25) is 4.79 Å². The maximum atomic E-state index is 11.1. The molecule has 0 N–H and O–H groups in total. The maximum absolute atomic E-state index is 11.1. The third kappa shape index (κ3) is 2.02. The summed E-state index contributed by atoms with van der Waals surface area (Å²) in [5.74, 6) is 1.93. The van der Waals surface area contributed by atoms with Crippen LogP contribution in [0.5, 0.6) is 0 Å². The van der Waals surface area contributed by atoms with E-state index >= 15 is 0 Å². The van der Waals surface area contributed by atoms with Gasteiger partial charge in [-0.2, -0.15) is 0 Å². The van der Waals surface area contributed by atoms with Crippen LogP contribution in [0.25, 0.3) is 10.6 Å². The van der Waals surface area contributed by atoms with Crippen LogP contribution < -0.4 is 0 Å². The summed E-state index contributed by atoms with van der Waals surface area (Å²) >= 11 is 1.47. The Kier molecular flexibility index (Phi) is 2.73. The zero-order valence-electron chi connectivity index (χ0n) is 8.74. The van der Waals surface area contributed by atoms with Crippen LogP contribution in [0.15, 0.2) is 28.7 Å². The molecule has 2 rings (SSSR count). The molecule has 0 radical (unpaired) electrons. The minimum atomic E-state index is 0.105. The van der Waals surface area contributed by atoms with Crippen molar-refractivity contribution in [1.29, 1.82) is 0 Å². The van der Waals surface area contributed by atoms with E-state index in [0.29, 0.717) is 0 Å². The number of hydrogen-bond acceptors (Lipinski definition) is 3. The highest BCUT2D eigenvalue weighted by Crippen LogP contribution is 2.29. The predicted octanol–water partition coefficient (Wildman–Crippen LogP) is 3.77. The van der Waals surface area contributed by atoms with Crippen molar-refractivity contribution < 1.29 is 9.21 Å². The third-order valence-corrected chi connectivity index (χ3v) is 3.41. The first-order valence-electron chi connectivity index (χ1n) is 4.90. The topological polar surface area (TPSA) is 30.2 Å². The van der Waals surface area contributed by atoms with Crippen LogP contribution in [-0.2, 0) is 6.42 Å². The summed E-state index contributed by atoms with van der Waals surface area (Å²) in [7, 11) is 0. The van der Waals surface area contributed by atoms with Gasteiger partial charge in [-0.15, -0.1) is 11.3 Å². The summed E-state index contributed by atoms with van der Waals surface area (Å²) in [6, 6.07) is 7.70. The van der Waals surface area contributed by atoms with E-state index in [2.05, 4.69) is 6.92 Å². The molecule has 0 saturated heterocycles. The van der Waals surface area contributed by atoms with Crippen molar-refractivity contribution in [2.75, 3.05) is 0 Å². The van der Waals surface area contributed by atoms with Gasteiger partial charge in [-0.25, -0.2) is 0 Å². The summed E-state index contributed by atoms with van der Waals surface area (Å²) in [4.78, 5) is 12.9. The average Bonchev–Trinajstić information content (AvgIpc) is 2.86. The van der Waals surface area contributed by atoms with Gasteiger partial charge in [-0.1, -0.05) is 6.92 Å². The molecule has 78 valence electrons. The molecule has 0 fully saturated rings. The normalized spacial score (nSPS) is 10.5. The summed E-state index contributed by atoms with van der Waals surface area (Å²) in [6.07, 6.45) is 0.894. The largest absolute Gasteiger partial charge is 0.460 e. The minimum absolute atomic E-state index is 0.105. The molecule has 0 aromatic carbocycles. The van der Waals surface area contributed by atoms with Crippen LogP contribution in [0.1, 0.15) is 29.3 Å². The number of rotatable bonds is 3. The van der Waals surface area contributed by atoms with Crippen molar-refractivity contribution in [3.8, 4) is 10.6 Å². The molecule has 0 saturated carbocycles. The van der Waals surface area contributed by atoms with Gasteiger partial charge in [0.25, 0.3) is 0 Å². The second kappa shape index (κ2) is 4.03. The molecule has 0 amide bonds. The Morgan fingerprint density at radius 3 is 2.67 bits per heavy atom. The highest BCUT2D eigenvalue weighted by Gasteiger charge is 2.09. The highest BCUT2D eigenvalue weighted by molar-refractivity contribution is 7.17. The number of carbonyl (C=O) groups is 1. The van der Waals surface area contributed by atoms with Crippen molar-refractivity contribution in [3.05, 3.63) is 34.9 Å². The molecule has 0 aliphatic rings. The first kappa shape index (κ1) is 10.2. The van der Waals surface area contributed by atoms with Gasteiger partial charge in [0.1, 0.15) is 11.5 Å². The SMILES string of the molecule is CCc1ccc(-c2ccc(C(C)=O)s2)o1. The fourth-order valence-corrected chi connectivity index (χ4v) is 2.22. The van der Waals surface area contributed by atoms with Gasteiger partial charge in [0.2, 0.25) is 0 Å². The van der Waals surface area contributed by atoms with E-state index in [1.165, 1.54) is 11.3 Å². The standard InChI is InChI=1S/C12H12O2S/c1-3-9-4-5-10(14-9)12-7-6-11(15-12)8(2)13/h4-7H,3H2,1-2H3. The van der Waals surface area contributed by atoms with Crippen molar-refractivity contribution in [2.45, 2.75) is 20.3 Å². The quantitative estimate of drug-likeness (QED) is 0.737. The van der Waals surface area contributed by atoms with Crippen molar-refractivity contribution in [3.63, 3.8) is 0 Å². The molecule has 2 aromatic rings. The van der Waals surface area contributed by atoms with Crippen molar-refractivity contribution in [1.82, 2.24) is 0 Å². The maximum Gasteiger partial charge on any atom is 0.169 e. The van der Waals surface area contributed by atoms with Crippen LogP contribution in [-0.4, -0.2) is 5.78 Å². The number of aryl methyl sites for hydroxylation is 1. The van der Waals surface area contributed by atoms with Gasteiger partial charge < -0.3 is 4.42 Å². The molecule has 0 atom stereocenters. The van der Waals surface area contributed by atoms with Gasteiger partial charge in [0, 0.05) is 6.42 Å². The fourth-order valence-electron chi connectivity index (χ4n) is 1.36. The van der Waals surface area contributed by atoms with Crippen LogP contribution in [0, 0.1) is 0 Å². The minimum Gasteiger partial charge on any atom is -0.460 e. The van der Waals surface area contributed by atoms with Crippen molar-refractivity contribution >= 4 is 17.1 Å². The van der Waals surface area contributed by atoms with Gasteiger partial charge >= 0.3 is 0 Å². The van der Waals surface area contributed by atoms with E-state index in [-0.39, 0.29) is 5.78 Å². The molecule has 2 nitrogen and oxygen atoms in total. The third-order valence-electron chi connectivity index (χ3n) is 2.21. The first-order valence-corrected chi connectivity index (χ1v) is 5.72. The number of furan rings is 1. The Balaban J connectivity index is 2.32. The lowest BCUT2D eigenvalue weighted by Crippen LogP contribution is -1.83. The summed E-state index contributed by atoms with van der Waals surface area (Å²) in [5, 5.41) is 0. The number of ketones is 1.